The summed E-state index contributed by atoms with van der Waals surface area (Å²) in [5, 5.41) is 9.89. The zero-order chi connectivity index (χ0) is 110. The van der Waals surface area contributed by atoms with Crippen LogP contribution in [0, 0.1) is 0 Å². The number of hydrogen-bond donors (Lipinski definition) is 1. The Morgan fingerprint density at radius 2 is 0.297 bits per heavy atom. The molecule has 0 heterocycles. The van der Waals surface area contributed by atoms with Gasteiger partial charge in [-0.1, -0.05) is 135 Å². The molecule has 820 valence electrons. The molecule has 1 N–H and O–H groups in total. The molecule has 1 rings (SSSR count). The van der Waals surface area contributed by atoms with Crippen LogP contribution < -0.4 is 14.2 Å². The number of carbonyl (C=O) groups is 1. The van der Waals surface area contributed by atoms with E-state index in [0.29, 0.717) is 0 Å². The highest BCUT2D eigenvalue weighted by Crippen LogP contribution is 2.72. The highest BCUT2D eigenvalue weighted by atomic mass is 19.5. The molecule has 5 nitrogen and oxygen atoms in total. The Bertz CT molecular complexity index is 3810. The van der Waals surface area contributed by atoms with Crippen molar-refractivity contribution in [3.8, 4) is 17.2 Å². The van der Waals surface area contributed by atoms with Crippen molar-refractivity contribution in [1.29, 1.82) is 0 Å². The van der Waals surface area contributed by atoms with Gasteiger partial charge in [0.25, 0.3) is 0 Å². The topological polar surface area (TPSA) is 65.0 Å². The Morgan fingerprint density at radius 1 is 0.174 bits per heavy atom. The summed E-state index contributed by atoms with van der Waals surface area (Å²) >= 11 is 0. The summed E-state index contributed by atoms with van der Waals surface area (Å²) in [5.41, 5.74) is -0.643. The number of ether oxygens (including phenoxy) is 3. The van der Waals surface area contributed by atoms with E-state index in [-0.39, 0.29) is 116 Å². The summed E-state index contributed by atoms with van der Waals surface area (Å²) in [6, 6.07) is 1.66. The average molecular weight is 2190 g/mol. The van der Waals surface area contributed by atoms with Crippen LogP contribution in [0.1, 0.15) is 203 Å². The monoisotopic (exact) mass is 2190 g/mol. The highest BCUT2D eigenvalue weighted by Gasteiger charge is 3.02. The van der Waals surface area contributed by atoms with E-state index in [4.69, 9.17) is 14.2 Å². The Labute approximate surface area is 732 Å². The number of benzene rings is 1. The summed E-state index contributed by atoms with van der Waals surface area (Å²) < 4.78 is 885. The number of aromatic carboxylic acids is 1. The van der Waals surface area contributed by atoms with Crippen LogP contribution >= 0.6 is 0 Å². The van der Waals surface area contributed by atoms with Crippen LogP contribution in [0.25, 0.3) is 0 Å². The Morgan fingerprint density at radius 3 is 0.442 bits per heavy atom. The minimum atomic E-state index is -9.37. The van der Waals surface area contributed by atoms with Gasteiger partial charge in [0.1, 0.15) is 0 Å². The van der Waals surface area contributed by atoms with Gasteiger partial charge in [0, 0.05) is 19.3 Å². The fourth-order valence-corrected chi connectivity index (χ4v) is 11.9. The van der Waals surface area contributed by atoms with Gasteiger partial charge in [-0.2, -0.15) is 277 Å². The van der Waals surface area contributed by atoms with Crippen LogP contribution in [0.3, 0.4) is 0 Å². The zero-order valence-electron chi connectivity index (χ0n) is 67.9. The number of rotatable bonds is 64. The molecular weight excluding hydrogens is 2120 g/mol. The van der Waals surface area contributed by atoms with Crippen LogP contribution in [0.5, 0.6) is 17.2 Å². The minimum Gasteiger partial charge on any atom is -0.490 e. The van der Waals surface area contributed by atoms with E-state index in [9.17, 15) is 286 Å². The molecule has 0 saturated heterocycles. The van der Waals surface area contributed by atoms with Crippen molar-refractivity contribution in [2.75, 3.05) is 19.8 Å². The van der Waals surface area contributed by atoms with Gasteiger partial charge in [-0.25, -0.2) is 4.79 Å². The molecule has 1 aromatic carbocycles. The van der Waals surface area contributed by atoms with Crippen LogP contribution in [-0.4, -0.2) is 209 Å². The van der Waals surface area contributed by atoms with Gasteiger partial charge in [0.15, 0.2) is 11.5 Å². The third-order valence-electron chi connectivity index (χ3n) is 20.7. The molecule has 0 aliphatic carbocycles. The summed E-state index contributed by atoms with van der Waals surface area (Å²) in [6.45, 7) is -1.25. The molecule has 138 heavy (non-hydrogen) atoms. The molecule has 0 aromatic heterocycles. The quantitative estimate of drug-likeness (QED) is 0.0520. The van der Waals surface area contributed by atoms with Gasteiger partial charge < -0.3 is 19.3 Å². The van der Waals surface area contributed by atoms with Crippen LogP contribution in [0.15, 0.2) is 12.1 Å². The molecule has 0 amide bonds. The standard InChI is InChI=1S/C70H69F63O5/c71-41(72,44(77,78)47(83,84)50(89,90)53(95,96)56(101,102)59(107,108)62(113,114)65(119,120)68(125,126)127)28-22-16-10-4-1-7-13-19-25-31-136-37-34-36(40(134)135)35-38(137-32-26-20-14-8-2-5-11-17-23-29-42(73,74)45(79,80)48(85,86)51(91,92)54(97,98)57(103,104)60(109,110)63(115,116)66(121,122)69(128,129)130)39(37)138-33-27-21-15-9-3-6-12-18-24-30-43(75,76)46(81,82)49(87,88)52(93,94)55(99,100)58(105,106)61(111,112)64(117,118)67(123,124)70(131,132)133/h34-35H,1-33H2,(H,134,135). The predicted octanol–water partition coefficient (Wildman–Crippen LogP) is 33.1. The molecule has 0 bridgehead atoms. The van der Waals surface area contributed by atoms with Gasteiger partial charge in [-0.05, 0) is 50.7 Å². The van der Waals surface area contributed by atoms with Crippen LogP contribution in [0.2, 0.25) is 0 Å². The number of halogens is 63. The first kappa shape index (κ1) is 130. The first-order valence-corrected chi connectivity index (χ1v) is 38.5. The highest BCUT2D eigenvalue weighted by molar-refractivity contribution is 5.89. The molecule has 68 heteroatoms. The normalized spacial score (nSPS) is 15.6. The SMILES string of the molecule is O=C(O)c1cc(OCCCCCCCCCCCC(F)(F)C(F)(F)C(F)(F)C(F)(F)C(F)(F)C(F)(F)C(F)(F)C(F)(F)C(F)(F)C(F)(F)F)c(OCCCCCCCCCCCC(F)(F)C(F)(F)C(F)(F)C(F)(F)C(F)(F)C(F)(F)C(F)(F)C(F)(F)C(F)(F)C(F)(F)F)c(OCCCCCCCCCCCC(F)(F)C(F)(F)C(F)(F)C(F)(F)C(F)(F)C(F)(F)C(F)(F)C(F)(F)C(F)(F)C(F)(F)F)c1. The molecular formula is C70H69F63O5. The van der Waals surface area contributed by atoms with E-state index < -0.39 is 304 Å². The molecule has 1 aromatic rings. The lowest BCUT2D eigenvalue weighted by Crippen LogP contribution is -2.76. The third-order valence-corrected chi connectivity index (χ3v) is 20.7. The van der Waals surface area contributed by atoms with E-state index in [0.717, 1.165) is 12.1 Å². The van der Waals surface area contributed by atoms with E-state index in [2.05, 4.69) is 0 Å². The fraction of sp³-hybridized carbons (Fsp3) is 0.900. The maximum absolute atomic E-state index is 14.5. The summed E-state index contributed by atoms with van der Waals surface area (Å²) in [5.74, 6) is -239. The average Bonchev–Trinajstić information content (AvgIpc) is 0.692. The molecule has 0 atom stereocenters. The Hall–Kier alpha value is -6.32. The first-order chi connectivity index (χ1) is 60.8. The zero-order valence-corrected chi connectivity index (χ0v) is 67.9. The van der Waals surface area contributed by atoms with E-state index >= 15 is 0 Å². The van der Waals surface area contributed by atoms with Crippen molar-refractivity contribution >= 4 is 5.97 Å². The number of alkyl halides is 63. The van der Waals surface area contributed by atoms with Gasteiger partial charge in [-0.3, -0.25) is 0 Å². The molecule has 0 aliphatic rings. The number of carboxylic acid groups (broad SMARTS) is 1. The van der Waals surface area contributed by atoms with E-state index in [1.165, 1.54) is 0 Å². The lowest BCUT2D eigenvalue weighted by atomic mass is 9.85. The number of unbranched alkanes of at least 4 members (excludes halogenated alkanes) is 24. The smallest absolute Gasteiger partial charge is 0.460 e. The lowest BCUT2D eigenvalue weighted by Gasteiger charge is -2.44. The molecule has 0 spiro atoms. The molecule has 0 aliphatic heterocycles. The van der Waals surface area contributed by atoms with Crippen LogP contribution in [-0.2, 0) is 0 Å². The summed E-state index contributed by atoms with van der Waals surface area (Å²) in [7, 11) is 0. The number of carboxylic acids is 1. The number of hydrogen-bond acceptors (Lipinski definition) is 4. The second-order valence-corrected chi connectivity index (χ2v) is 30.8. The third kappa shape index (κ3) is 23.1. The maximum Gasteiger partial charge on any atom is 0.460 e. The van der Waals surface area contributed by atoms with E-state index in [1.54, 1.807) is 0 Å². The Balaban J connectivity index is 3.27. The molecule has 0 unspecified atom stereocenters. The maximum atomic E-state index is 14.5. The predicted molar refractivity (Wildman–Crippen MR) is 340 cm³/mol. The van der Waals surface area contributed by atoms with Crippen molar-refractivity contribution < 1.29 is 301 Å². The van der Waals surface area contributed by atoms with E-state index in [1.807, 2.05) is 0 Å². The molecule has 0 fully saturated rings. The minimum absolute atomic E-state index is 0.00185. The van der Waals surface area contributed by atoms with Crippen molar-refractivity contribution in [3.63, 3.8) is 0 Å². The second-order valence-electron chi connectivity index (χ2n) is 30.8. The second kappa shape index (κ2) is 42.8. The van der Waals surface area contributed by atoms with Crippen molar-refractivity contribution in [1.82, 2.24) is 0 Å². The Kier molecular flexibility index (Phi) is 40.2. The molecule has 0 saturated carbocycles. The first-order valence-electron chi connectivity index (χ1n) is 38.5. The largest absolute Gasteiger partial charge is 0.490 e. The van der Waals surface area contributed by atoms with Gasteiger partial charge in [0.2, 0.25) is 5.75 Å². The summed E-state index contributed by atoms with van der Waals surface area (Å²) in [6.07, 6.45) is -41.2. The van der Waals surface area contributed by atoms with Gasteiger partial charge in [0.05, 0.1) is 25.4 Å². The van der Waals surface area contributed by atoms with Gasteiger partial charge in [-0.15, -0.1) is 0 Å². The van der Waals surface area contributed by atoms with Gasteiger partial charge >= 0.3 is 184 Å². The van der Waals surface area contributed by atoms with Crippen LogP contribution in [0.4, 0.5) is 277 Å². The molecule has 0 radical (unpaired) electrons. The lowest BCUT2D eigenvalue weighted by molar-refractivity contribution is -0.474. The fourth-order valence-electron chi connectivity index (χ4n) is 11.9. The van der Waals surface area contributed by atoms with Crippen molar-refractivity contribution in [2.45, 2.75) is 371 Å². The summed E-state index contributed by atoms with van der Waals surface area (Å²) in [4.78, 5) is 12.2. The van der Waals surface area contributed by atoms with Crippen molar-refractivity contribution in [2.24, 2.45) is 0 Å². The van der Waals surface area contributed by atoms with Crippen molar-refractivity contribution in [3.05, 3.63) is 17.7 Å².